The van der Waals surface area contributed by atoms with Gasteiger partial charge in [-0.1, -0.05) is 0 Å². The van der Waals surface area contributed by atoms with Gasteiger partial charge in [0.05, 0.1) is 12.8 Å². The minimum Gasteiger partial charge on any atom is -0.497 e. The van der Waals surface area contributed by atoms with E-state index in [1.165, 1.54) is 0 Å². The standard InChI is InChI=1S/C20H23N3O3S/c1-13-12-14(2)21-20-19(13)23(10-11-27-20)18(25)9-8-17(24)22-15-4-6-16(26-3)7-5-15/h4-7,12H,8-11H2,1-3H3,(H,22,24). The summed E-state index contributed by atoms with van der Waals surface area (Å²) in [6.45, 7) is 4.59. The highest BCUT2D eigenvalue weighted by Crippen LogP contribution is 2.36. The quantitative estimate of drug-likeness (QED) is 0.852. The zero-order chi connectivity index (χ0) is 19.4. The molecule has 0 unspecified atom stereocenters. The van der Waals surface area contributed by atoms with Gasteiger partial charge in [0.2, 0.25) is 11.8 Å². The SMILES string of the molecule is COc1ccc(NC(=O)CCC(=O)N2CCSc3nc(C)cc(C)c32)cc1. The second kappa shape index (κ2) is 8.43. The van der Waals surface area contributed by atoms with Crippen molar-refractivity contribution < 1.29 is 14.3 Å². The molecule has 6 nitrogen and oxygen atoms in total. The number of hydrogen-bond acceptors (Lipinski definition) is 5. The number of anilines is 2. The molecule has 142 valence electrons. The Hall–Kier alpha value is -2.54. The van der Waals surface area contributed by atoms with Gasteiger partial charge in [-0.05, 0) is 49.7 Å². The van der Waals surface area contributed by atoms with Crippen molar-refractivity contribution in [2.24, 2.45) is 0 Å². The van der Waals surface area contributed by atoms with Crippen molar-refractivity contribution in [3.05, 3.63) is 41.6 Å². The number of pyridine rings is 1. The highest BCUT2D eigenvalue weighted by atomic mass is 32.2. The fourth-order valence-electron chi connectivity index (χ4n) is 3.07. The summed E-state index contributed by atoms with van der Waals surface area (Å²) in [7, 11) is 1.59. The first-order valence-electron chi connectivity index (χ1n) is 8.83. The van der Waals surface area contributed by atoms with E-state index in [1.54, 1.807) is 48.0 Å². The lowest BCUT2D eigenvalue weighted by molar-refractivity contribution is -0.122. The van der Waals surface area contributed by atoms with Gasteiger partial charge in [-0.25, -0.2) is 4.98 Å². The van der Waals surface area contributed by atoms with Crippen LogP contribution in [0.15, 0.2) is 35.4 Å². The van der Waals surface area contributed by atoms with Crippen molar-refractivity contribution in [2.45, 2.75) is 31.7 Å². The zero-order valence-corrected chi connectivity index (χ0v) is 16.6. The third kappa shape index (κ3) is 4.60. The second-order valence-electron chi connectivity index (χ2n) is 6.40. The summed E-state index contributed by atoms with van der Waals surface area (Å²) < 4.78 is 5.10. The number of hydrogen-bond donors (Lipinski definition) is 1. The molecule has 1 N–H and O–H groups in total. The minimum atomic E-state index is -0.182. The number of aromatic nitrogens is 1. The Bertz CT molecular complexity index is 852. The summed E-state index contributed by atoms with van der Waals surface area (Å²) in [5, 5.41) is 3.71. The fourth-order valence-corrected chi connectivity index (χ4v) is 4.16. The second-order valence-corrected chi connectivity index (χ2v) is 7.49. The number of carbonyl (C=O) groups is 2. The van der Waals surface area contributed by atoms with Crippen molar-refractivity contribution in [2.75, 3.05) is 29.6 Å². The largest absolute Gasteiger partial charge is 0.497 e. The van der Waals surface area contributed by atoms with Crippen LogP contribution >= 0.6 is 11.8 Å². The van der Waals surface area contributed by atoms with Gasteiger partial charge < -0.3 is 15.0 Å². The number of aryl methyl sites for hydroxylation is 2. The molecule has 0 saturated heterocycles. The predicted molar refractivity (Wildman–Crippen MR) is 108 cm³/mol. The molecule has 1 aromatic heterocycles. The molecule has 0 saturated carbocycles. The molecule has 0 bridgehead atoms. The molecule has 3 rings (SSSR count). The van der Waals surface area contributed by atoms with Crippen molar-refractivity contribution in [3.8, 4) is 5.75 Å². The number of nitrogens with one attached hydrogen (secondary N) is 1. The number of carbonyl (C=O) groups excluding carboxylic acids is 2. The van der Waals surface area contributed by atoms with E-state index in [2.05, 4.69) is 10.3 Å². The summed E-state index contributed by atoms with van der Waals surface area (Å²) in [6, 6.07) is 9.09. The monoisotopic (exact) mass is 385 g/mol. The van der Waals surface area contributed by atoms with E-state index >= 15 is 0 Å². The van der Waals surface area contributed by atoms with Crippen LogP contribution in [-0.2, 0) is 9.59 Å². The topological polar surface area (TPSA) is 71.5 Å². The molecule has 0 atom stereocenters. The lowest BCUT2D eigenvalue weighted by Crippen LogP contribution is -2.36. The molecular formula is C20H23N3O3S. The van der Waals surface area contributed by atoms with Crippen molar-refractivity contribution in [1.29, 1.82) is 0 Å². The predicted octanol–water partition coefficient (Wildman–Crippen LogP) is 3.56. The van der Waals surface area contributed by atoms with Crippen LogP contribution in [0, 0.1) is 13.8 Å². The van der Waals surface area contributed by atoms with Crippen LogP contribution in [0.25, 0.3) is 0 Å². The maximum absolute atomic E-state index is 12.7. The van der Waals surface area contributed by atoms with Gasteiger partial charge in [0.1, 0.15) is 10.8 Å². The van der Waals surface area contributed by atoms with E-state index in [9.17, 15) is 9.59 Å². The molecule has 27 heavy (non-hydrogen) atoms. The summed E-state index contributed by atoms with van der Waals surface area (Å²) in [5.74, 6) is 1.31. The summed E-state index contributed by atoms with van der Waals surface area (Å²) in [6.07, 6.45) is 0.307. The third-order valence-electron chi connectivity index (χ3n) is 4.34. The molecule has 0 aliphatic carbocycles. The summed E-state index contributed by atoms with van der Waals surface area (Å²) in [5.41, 5.74) is 3.56. The first kappa shape index (κ1) is 19.2. The molecule has 1 aromatic carbocycles. The first-order chi connectivity index (χ1) is 13.0. The molecule has 7 heteroatoms. The fraction of sp³-hybridized carbons (Fsp3) is 0.350. The molecule has 2 amide bonds. The summed E-state index contributed by atoms with van der Waals surface area (Å²) >= 11 is 1.67. The normalized spacial score (nSPS) is 13.1. The molecule has 2 heterocycles. The Balaban J connectivity index is 1.60. The van der Waals surface area contributed by atoms with Crippen LogP contribution in [0.1, 0.15) is 24.1 Å². The zero-order valence-electron chi connectivity index (χ0n) is 15.7. The smallest absolute Gasteiger partial charge is 0.227 e. The van der Waals surface area contributed by atoms with E-state index in [1.807, 2.05) is 19.9 Å². The molecule has 0 spiro atoms. The van der Waals surface area contributed by atoms with Crippen LogP contribution < -0.4 is 15.0 Å². The van der Waals surface area contributed by atoms with Gasteiger partial charge in [0.15, 0.2) is 0 Å². The van der Waals surface area contributed by atoms with Crippen molar-refractivity contribution >= 4 is 35.0 Å². The Morgan fingerprint density at radius 1 is 1.22 bits per heavy atom. The Labute approximate surface area is 163 Å². The third-order valence-corrected chi connectivity index (χ3v) is 5.29. The number of nitrogens with zero attached hydrogens (tertiary/aromatic N) is 2. The highest BCUT2D eigenvalue weighted by molar-refractivity contribution is 7.99. The van der Waals surface area contributed by atoms with E-state index < -0.39 is 0 Å². The Morgan fingerprint density at radius 2 is 1.96 bits per heavy atom. The molecular weight excluding hydrogens is 362 g/mol. The van der Waals surface area contributed by atoms with Crippen LogP contribution in [0.4, 0.5) is 11.4 Å². The number of fused-ring (bicyclic) bond motifs is 1. The van der Waals surface area contributed by atoms with E-state index in [-0.39, 0.29) is 24.7 Å². The first-order valence-corrected chi connectivity index (χ1v) is 9.82. The van der Waals surface area contributed by atoms with E-state index in [0.717, 1.165) is 33.5 Å². The van der Waals surface area contributed by atoms with Gasteiger partial charge in [-0.15, -0.1) is 11.8 Å². The number of ether oxygens (including phenoxy) is 1. The summed E-state index contributed by atoms with van der Waals surface area (Å²) in [4.78, 5) is 31.2. The molecule has 0 fully saturated rings. The van der Waals surface area contributed by atoms with Crippen molar-refractivity contribution in [1.82, 2.24) is 4.98 Å². The van der Waals surface area contributed by atoms with Gasteiger partial charge in [0, 0.05) is 36.5 Å². The maximum atomic E-state index is 12.7. The van der Waals surface area contributed by atoms with Crippen molar-refractivity contribution in [3.63, 3.8) is 0 Å². The Kier molecular flexibility index (Phi) is 6.01. The lowest BCUT2D eigenvalue weighted by atomic mass is 10.1. The van der Waals surface area contributed by atoms with Crippen LogP contribution in [0.3, 0.4) is 0 Å². The van der Waals surface area contributed by atoms with Crippen LogP contribution in [0.2, 0.25) is 0 Å². The number of methoxy groups -OCH3 is 1. The maximum Gasteiger partial charge on any atom is 0.227 e. The number of rotatable bonds is 5. The average molecular weight is 385 g/mol. The van der Waals surface area contributed by atoms with Gasteiger partial charge in [0.25, 0.3) is 0 Å². The van der Waals surface area contributed by atoms with Gasteiger partial charge >= 0.3 is 0 Å². The van der Waals surface area contributed by atoms with Gasteiger partial charge in [-0.3, -0.25) is 9.59 Å². The van der Waals surface area contributed by atoms with E-state index in [0.29, 0.717) is 12.2 Å². The number of thioether (sulfide) groups is 1. The van der Waals surface area contributed by atoms with Gasteiger partial charge in [-0.2, -0.15) is 0 Å². The van der Waals surface area contributed by atoms with E-state index in [4.69, 9.17) is 4.74 Å². The molecule has 2 aromatic rings. The number of amides is 2. The highest BCUT2D eigenvalue weighted by Gasteiger charge is 2.26. The molecule has 1 aliphatic rings. The number of benzene rings is 1. The Morgan fingerprint density at radius 3 is 2.67 bits per heavy atom. The molecule has 1 aliphatic heterocycles. The van der Waals surface area contributed by atoms with Crippen LogP contribution in [-0.4, -0.2) is 36.2 Å². The molecule has 0 radical (unpaired) electrons. The minimum absolute atomic E-state index is 0.0461. The van der Waals surface area contributed by atoms with Crippen LogP contribution in [0.5, 0.6) is 5.75 Å². The average Bonchev–Trinajstić information content (AvgIpc) is 2.66. The lowest BCUT2D eigenvalue weighted by Gasteiger charge is -2.30.